The van der Waals surface area contributed by atoms with Crippen LogP contribution in [0.25, 0.3) is 0 Å². The summed E-state index contributed by atoms with van der Waals surface area (Å²) in [6.45, 7) is 0. The van der Waals surface area contributed by atoms with Crippen LogP contribution in [-0.2, 0) is 0 Å². The average molecular weight is 302 g/mol. The van der Waals surface area contributed by atoms with Crippen LogP contribution in [0.2, 0.25) is 0 Å². The Balaban J connectivity index is 2.50. The average Bonchev–Trinajstić information content (AvgIpc) is 2.97. The van der Waals surface area contributed by atoms with E-state index in [4.69, 9.17) is 22.9 Å². The highest BCUT2D eigenvalue weighted by molar-refractivity contribution is 7.10. The van der Waals surface area contributed by atoms with Crippen LogP contribution >= 0.6 is 11.3 Å². The molecule has 0 aliphatic rings. The summed E-state index contributed by atoms with van der Waals surface area (Å²) in [6.07, 6.45) is 0. The van der Waals surface area contributed by atoms with Crippen LogP contribution in [0.4, 0.5) is 0 Å². The minimum absolute atomic E-state index is 0.000115. The zero-order valence-corrected chi connectivity index (χ0v) is 12.2. The summed E-state index contributed by atoms with van der Waals surface area (Å²) in [7, 11) is 0. The van der Waals surface area contributed by atoms with Gasteiger partial charge in [0, 0.05) is 4.88 Å². The van der Waals surface area contributed by atoms with Gasteiger partial charge in [0.15, 0.2) is 11.9 Å². The Labute approximate surface area is 127 Å². The fourth-order valence-corrected chi connectivity index (χ4v) is 2.84. The van der Waals surface area contributed by atoms with Crippen LogP contribution in [0.1, 0.15) is 22.5 Å². The molecule has 21 heavy (non-hydrogen) atoms. The summed E-state index contributed by atoms with van der Waals surface area (Å²) in [5.41, 5.74) is 23.2. The lowest BCUT2D eigenvalue weighted by Gasteiger charge is -2.20. The quantitative estimate of drug-likeness (QED) is 0.486. The van der Waals surface area contributed by atoms with Crippen LogP contribution in [-0.4, -0.2) is 11.9 Å². The normalized spacial score (nSPS) is 13.1. The Bertz CT molecular complexity index is 612. The van der Waals surface area contributed by atoms with E-state index >= 15 is 0 Å². The number of guanidine groups is 2. The number of nitrogens with two attached hydrogens (primary N) is 4. The molecular weight excluding hydrogens is 284 g/mol. The molecule has 1 aromatic carbocycles. The summed E-state index contributed by atoms with van der Waals surface area (Å²) in [5.74, 6) is -0.00340. The van der Waals surface area contributed by atoms with Gasteiger partial charge < -0.3 is 22.9 Å². The lowest BCUT2D eigenvalue weighted by Crippen LogP contribution is -2.27. The molecule has 7 heteroatoms. The SMILES string of the molecule is NC(N)=NC(c1ccccc1)C(N=C(N)N)c1cccs1. The molecule has 2 atom stereocenters. The van der Waals surface area contributed by atoms with Crippen molar-refractivity contribution in [2.24, 2.45) is 32.9 Å². The van der Waals surface area contributed by atoms with Crippen molar-refractivity contribution in [1.82, 2.24) is 0 Å². The minimum Gasteiger partial charge on any atom is -0.370 e. The first-order chi connectivity index (χ1) is 10.1. The maximum absolute atomic E-state index is 5.57. The summed E-state index contributed by atoms with van der Waals surface area (Å²) in [6, 6.07) is 12.8. The topological polar surface area (TPSA) is 129 Å². The molecule has 2 rings (SSSR count). The first-order valence-corrected chi connectivity index (χ1v) is 7.21. The van der Waals surface area contributed by atoms with Gasteiger partial charge in [0.2, 0.25) is 0 Å². The molecule has 2 unspecified atom stereocenters. The fourth-order valence-electron chi connectivity index (χ4n) is 2.05. The molecule has 0 aliphatic heterocycles. The van der Waals surface area contributed by atoms with Crippen molar-refractivity contribution in [1.29, 1.82) is 0 Å². The molecule has 0 fully saturated rings. The highest BCUT2D eigenvalue weighted by Gasteiger charge is 2.25. The molecule has 0 spiro atoms. The van der Waals surface area contributed by atoms with E-state index in [2.05, 4.69) is 9.98 Å². The molecule has 110 valence electrons. The second-order valence-electron chi connectivity index (χ2n) is 4.42. The van der Waals surface area contributed by atoms with E-state index in [1.807, 2.05) is 47.8 Å². The van der Waals surface area contributed by atoms with Crippen LogP contribution in [0.5, 0.6) is 0 Å². The Morgan fingerprint density at radius 1 is 0.810 bits per heavy atom. The van der Waals surface area contributed by atoms with Gasteiger partial charge in [0.25, 0.3) is 0 Å². The van der Waals surface area contributed by atoms with E-state index in [0.29, 0.717) is 0 Å². The molecule has 1 aromatic heterocycles. The third-order valence-electron chi connectivity index (χ3n) is 2.85. The van der Waals surface area contributed by atoms with Gasteiger partial charge in [-0.05, 0) is 17.0 Å². The number of thiophene rings is 1. The van der Waals surface area contributed by atoms with Crippen LogP contribution in [0.15, 0.2) is 57.8 Å². The van der Waals surface area contributed by atoms with Crippen molar-refractivity contribution >= 4 is 23.3 Å². The van der Waals surface area contributed by atoms with Gasteiger partial charge in [-0.25, -0.2) is 9.98 Å². The maximum Gasteiger partial charge on any atom is 0.186 e. The molecule has 0 aliphatic carbocycles. The molecule has 0 saturated heterocycles. The lowest BCUT2D eigenvalue weighted by atomic mass is 9.99. The van der Waals surface area contributed by atoms with Gasteiger partial charge in [-0.1, -0.05) is 36.4 Å². The van der Waals surface area contributed by atoms with Crippen molar-refractivity contribution in [3.05, 3.63) is 58.3 Å². The highest BCUT2D eigenvalue weighted by atomic mass is 32.1. The van der Waals surface area contributed by atoms with Crippen molar-refractivity contribution < 1.29 is 0 Å². The van der Waals surface area contributed by atoms with Gasteiger partial charge >= 0.3 is 0 Å². The molecule has 6 nitrogen and oxygen atoms in total. The summed E-state index contributed by atoms with van der Waals surface area (Å²) < 4.78 is 0. The van der Waals surface area contributed by atoms with E-state index in [1.165, 1.54) is 0 Å². The first kappa shape index (κ1) is 14.9. The molecule has 0 saturated carbocycles. The minimum atomic E-state index is -0.378. The molecule has 1 heterocycles. The molecule has 8 N–H and O–H groups in total. The van der Waals surface area contributed by atoms with E-state index in [9.17, 15) is 0 Å². The Morgan fingerprint density at radius 3 is 1.95 bits per heavy atom. The fraction of sp³-hybridized carbons (Fsp3) is 0.143. The first-order valence-electron chi connectivity index (χ1n) is 6.33. The van der Waals surface area contributed by atoms with Gasteiger partial charge in [-0.15, -0.1) is 11.3 Å². The standard InChI is InChI=1S/C14H18N6S/c15-13(16)19-11(9-5-2-1-3-6-9)12(20-14(17)18)10-7-4-8-21-10/h1-8,11-12H,(H4,15,16,19)(H4,17,18,20). The second-order valence-corrected chi connectivity index (χ2v) is 5.40. The zero-order chi connectivity index (χ0) is 15.2. The number of aliphatic imine (C=N–C) groups is 2. The van der Waals surface area contributed by atoms with E-state index in [1.54, 1.807) is 11.3 Å². The number of benzene rings is 1. The van der Waals surface area contributed by atoms with Gasteiger partial charge in [0.05, 0.1) is 0 Å². The Morgan fingerprint density at radius 2 is 1.43 bits per heavy atom. The van der Waals surface area contributed by atoms with Crippen molar-refractivity contribution in [2.45, 2.75) is 12.1 Å². The van der Waals surface area contributed by atoms with E-state index in [0.717, 1.165) is 10.4 Å². The summed E-state index contributed by atoms with van der Waals surface area (Å²) in [5, 5.41) is 1.96. The highest BCUT2D eigenvalue weighted by Crippen LogP contribution is 2.37. The van der Waals surface area contributed by atoms with Gasteiger partial charge in [-0.2, -0.15) is 0 Å². The van der Waals surface area contributed by atoms with Crippen LogP contribution in [0.3, 0.4) is 0 Å². The molecular formula is C14H18N6S. The van der Waals surface area contributed by atoms with Crippen LogP contribution in [0, 0.1) is 0 Å². The maximum atomic E-state index is 5.57. The summed E-state index contributed by atoms with van der Waals surface area (Å²) in [4.78, 5) is 9.62. The van der Waals surface area contributed by atoms with Gasteiger partial charge in [-0.3, -0.25) is 0 Å². The monoisotopic (exact) mass is 302 g/mol. The van der Waals surface area contributed by atoms with Crippen molar-refractivity contribution in [3.8, 4) is 0 Å². The van der Waals surface area contributed by atoms with Crippen LogP contribution < -0.4 is 22.9 Å². The van der Waals surface area contributed by atoms with E-state index in [-0.39, 0.29) is 24.0 Å². The third kappa shape index (κ3) is 3.96. The Kier molecular flexibility index (Phi) is 4.78. The molecule has 0 bridgehead atoms. The molecule has 0 amide bonds. The predicted molar refractivity (Wildman–Crippen MR) is 87.9 cm³/mol. The largest absolute Gasteiger partial charge is 0.370 e. The second kappa shape index (κ2) is 6.76. The smallest absolute Gasteiger partial charge is 0.186 e. The number of hydrogen-bond acceptors (Lipinski definition) is 3. The number of nitrogens with zero attached hydrogens (tertiary/aromatic N) is 2. The lowest BCUT2D eigenvalue weighted by molar-refractivity contribution is 0.585. The van der Waals surface area contributed by atoms with Gasteiger partial charge in [0.1, 0.15) is 12.1 Å². The molecule has 2 aromatic rings. The van der Waals surface area contributed by atoms with Crippen molar-refractivity contribution in [3.63, 3.8) is 0 Å². The third-order valence-corrected chi connectivity index (χ3v) is 3.79. The number of rotatable bonds is 5. The predicted octanol–water partition coefficient (Wildman–Crippen LogP) is 1.08. The van der Waals surface area contributed by atoms with Crippen molar-refractivity contribution in [2.75, 3.05) is 0 Å². The Hall–Kier alpha value is -2.54. The van der Waals surface area contributed by atoms with E-state index < -0.39 is 0 Å². The number of hydrogen-bond donors (Lipinski definition) is 4. The zero-order valence-electron chi connectivity index (χ0n) is 11.4. The summed E-state index contributed by atoms with van der Waals surface area (Å²) >= 11 is 1.55. The molecule has 0 radical (unpaired) electrons.